The minimum absolute atomic E-state index is 0. The van der Waals surface area contributed by atoms with Gasteiger partial charge in [-0.1, -0.05) is 0 Å². The minimum atomic E-state index is 0. The van der Waals surface area contributed by atoms with Crippen molar-refractivity contribution < 1.29 is 9.53 Å². The standard InChI is InChI=1S/C18H23N3O2S.2ClH/c1-4-23-15-7-5-14(6-8-15)17-20-13(3)16(24-17)18(22)21-10-9-19-12(2)11-21;;/h5-8,12,19H,4,9-11H2,1-3H3;2*1H. The van der Waals surface area contributed by atoms with Crippen molar-refractivity contribution in [2.75, 3.05) is 26.2 Å². The molecule has 1 atom stereocenters. The van der Waals surface area contributed by atoms with Crippen molar-refractivity contribution in [3.8, 4) is 16.3 Å². The Kier molecular flexibility index (Phi) is 8.83. The first-order valence-corrected chi connectivity index (χ1v) is 9.13. The molecule has 1 aliphatic rings. The Labute approximate surface area is 171 Å². The maximum atomic E-state index is 12.8. The predicted octanol–water partition coefficient (Wildman–Crippen LogP) is 3.79. The Morgan fingerprint density at radius 1 is 1.35 bits per heavy atom. The first-order chi connectivity index (χ1) is 11.6. The van der Waals surface area contributed by atoms with Crippen LogP contribution in [-0.2, 0) is 0 Å². The lowest BCUT2D eigenvalue weighted by Gasteiger charge is -2.31. The van der Waals surface area contributed by atoms with Gasteiger partial charge in [0.15, 0.2) is 0 Å². The molecule has 3 rings (SSSR count). The number of rotatable bonds is 4. The van der Waals surface area contributed by atoms with Gasteiger partial charge < -0.3 is 15.0 Å². The van der Waals surface area contributed by atoms with Crippen molar-refractivity contribution in [1.82, 2.24) is 15.2 Å². The molecule has 1 saturated heterocycles. The highest BCUT2D eigenvalue weighted by Gasteiger charge is 2.25. The van der Waals surface area contributed by atoms with Crippen LogP contribution in [0.4, 0.5) is 0 Å². The summed E-state index contributed by atoms with van der Waals surface area (Å²) in [6.45, 7) is 8.96. The second-order valence-corrected chi connectivity index (χ2v) is 7.00. The molecule has 8 heteroatoms. The second kappa shape index (κ2) is 10.1. The van der Waals surface area contributed by atoms with Crippen molar-refractivity contribution in [2.45, 2.75) is 26.8 Å². The maximum Gasteiger partial charge on any atom is 0.265 e. The molecule has 26 heavy (non-hydrogen) atoms. The highest BCUT2D eigenvalue weighted by atomic mass is 35.5. The molecule has 1 fully saturated rings. The number of hydrogen-bond donors (Lipinski definition) is 1. The van der Waals surface area contributed by atoms with E-state index in [9.17, 15) is 4.79 Å². The van der Waals surface area contributed by atoms with Gasteiger partial charge in [-0.05, 0) is 45.0 Å². The van der Waals surface area contributed by atoms with Gasteiger partial charge in [-0.25, -0.2) is 4.98 Å². The summed E-state index contributed by atoms with van der Waals surface area (Å²) >= 11 is 1.47. The Morgan fingerprint density at radius 2 is 2.04 bits per heavy atom. The van der Waals surface area contributed by atoms with E-state index >= 15 is 0 Å². The van der Waals surface area contributed by atoms with Gasteiger partial charge in [0, 0.05) is 31.2 Å². The molecule has 1 aliphatic heterocycles. The number of aromatic nitrogens is 1. The van der Waals surface area contributed by atoms with Crippen LogP contribution in [-0.4, -0.2) is 48.1 Å². The fraction of sp³-hybridized carbons (Fsp3) is 0.444. The number of piperazine rings is 1. The van der Waals surface area contributed by atoms with Crippen LogP contribution < -0.4 is 10.1 Å². The van der Waals surface area contributed by atoms with Crippen molar-refractivity contribution in [3.63, 3.8) is 0 Å². The van der Waals surface area contributed by atoms with Gasteiger partial charge in [0.2, 0.25) is 0 Å². The molecule has 2 aromatic rings. The van der Waals surface area contributed by atoms with E-state index in [1.54, 1.807) is 0 Å². The third-order valence-electron chi connectivity index (χ3n) is 4.06. The fourth-order valence-electron chi connectivity index (χ4n) is 2.84. The monoisotopic (exact) mass is 417 g/mol. The number of carbonyl (C=O) groups is 1. The molecule has 144 valence electrons. The summed E-state index contributed by atoms with van der Waals surface area (Å²) in [7, 11) is 0. The molecule has 1 amide bonds. The number of aryl methyl sites for hydroxylation is 1. The summed E-state index contributed by atoms with van der Waals surface area (Å²) in [5.41, 5.74) is 1.82. The summed E-state index contributed by atoms with van der Waals surface area (Å²) in [6.07, 6.45) is 0. The topological polar surface area (TPSA) is 54.5 Å². The van der Waals surface area contributed by atoms with Crippen LogP contribution >= 0.6 is 36.2 Å². The lowest BCUT2D eigenvalue weighted by Crippen LogP contribution is -2.51. The third kappa shape index (κ3) is 5.10. The molecule has 5 nitrogen and oxygen atoms in total. The van der Waals surface area contributed by atoms with Crippen molar-refractivity contribution >= 4 is 42.1 Å². The molecule has 1 N–H and O–H groups in total. The Balaban J connectivity index is 0.00000169. The van der Waals surface area contributed by atoms with Gasteiger partial charge in [-0.3, -0.25) is 4.79 Å². The van der Waals surface area contributed by atoms with Gasteiger partial charge in [0.05, 0.1) is 12.3 Å². The molecule has 1 aromatic carbocycles. The van der Waals surface area contributed by atoms with E-state index in [2.05, 4.69) is 17.2 Å². The van der Waals surface area contributed by atoms with Gasteiger partial charge in [-0.2, -0.15) is 0 Å². The molecular weight excluding hydrogens is 393 g/mol. The van der Waals surface area contributed by atoms with E-state index in [1.807, 2.05) is 43.0 Å². The summed E-state index contributed by atoms with van der Waals surface area (Å²) in [5.74, 6) is 0.941. The average molecular weight is 418 g/mol. The van der Waals surface area contributed by atoms with Crippen LogP contribution in [0.15, 0.2) is 24.3 Å². The average Bonchev–Trinajstić information content (AvgIpc) is 2.97. The molecule has 0 bridgehead atoms. The molecule has 0 aliphatic carbocycles. The van der Waals surface area contributed by atoms with Crippen LogP contribution in [0.3, 0.4) is 0 Å². The quantitative estimate of drug-likeness (QED) is 0.821. The summed E-state index contributed by atoms with van der Waals surface area (Å²) in [4.78, 5) is 20.1. The molecular formula is C18H25Cl2N3O2S. The third-order valence-corrected chi connectivity index (χ3v) is 5.25. The van der Waals surface area contributed by atoms with Gasteiger partial charge >= 0.3 is 0 Å². The SMILES string of the molecule is CCOc1ccc(-c2nc(C)c(C(=O)N3CCNC(C)C3)s2)cc1.Cl.Cl. The van der Waals surface area contributed by atoms with Crippen LogP contribution in [0.1, 0.15) is 29.2 Å². The second-order valence-electron chi connectivity index (χ2n) is 6.00. The molecule has 2 heterocycles. The van der Waals surface area contributed by atoms with Crippen molar-refractivity contribution in [2.24, 2.45) is 0 Å². The lowest BCUT2D eigenvalue weighted by molar-refractivity contribution is 0.0713. The van der Waals surface area contributed by atoms with Crippen LogP contribution in [0, 0.1) is 6.92 Å². The molecule has 0 spiro atoms. The van der Waals surface area contributed by atoms with Crippen LogP contribution in [0.5, 0.6) is 5.75 Å². The lowest BCUT2D eigenvalue weighted by atomic mass is 10.2. The number of thiazole rings is 1. The van der Waals surface area contributed by atoms with Gasteiger partial charge in [0.25, 0.3) is 5.91 Å². The van der Waals surface area contributed by atoms with E-state index in [-0.39, 0.29) is 30.7 Å². The zero-order chi connectivity index (χ0) is 17.1. The zero-order valence-electron chi connectivity index (χ0n) is 15.2. The predicted molar refractivity (Wildman–Crippen MR) is 111 cm³/mol. The number of nitrogens with zero attached hydrogens (tertiary/aromatic N) is 2. The van der Waals surface area contributed by atoms with E-state index < -0.39 is 0 Å². The smallest absolute Gasteiger partial charge is 0.265 e. The first-order valence-electron chi connectivity index (χ1n) is 8.31. The largest absolute Gasteiger partial charge is 0.494 e. The van der Waals surface area contributed by atoms with E-state index in [1.165, 1.54) is 11.3 Å². The normalized spacial score (nSPS) is 16.4. The summed E-state index contributed by atoms with van der Waals surface area (Å²) < 4.78 is 5.47. The van der Waals surface area contributed by atoms with Crippen molar-refractivity contribution in [1.29, 1.82) is 0 Å². The summed E-state index contributed by atoms with van der Waals surface area (Å²) in [6, 6.07) is 8.19. The van der Waals surface area contributed by atoms with Gasteiger partial charge in [0.1, 0.15) is 15.6 Å². The first kappa shape index (κ1) is 22.7. The van der Waals surface area contributed by atoms with E-state index in [0.29, 0.717) is 12.6 Å². The number of benzene rings is 1. The Morgan fingerprint density at radius 3 is 2.65 bits per heavy atom. The molecule has 1 unspecified atom stereocenters. The molecule has 1 aromatic heterocycles. The van der Waals surface area contributed by atoms with Crippen molar-refractivity contribution in [3.05, 3.63) is 34.8 Å². The fourth-order valence-corrected chi connectivity index (χ4v) is 3.88. The Bertz CT molecular complexity index is 722. The number of nitrogens with one attached hydrogen (secondary N) is 1. The minimum Gasteiger partial charge on any atom is -0.494 e. The highest BCUT2D eigenvalue weighted by molar-refractivity contribution is 7.17. The van der Waals surface area contributed by atoms with Gasteiger partial charge in [-0.15, -0.1) is 36.2 Å². The summed E-state index contributed by atoms with van der Waals surface area (Å²) in [5, 5.41) is 4.24. The Hall–Kier alpha value is -1.34. The molecule has 0 saturated carbocycles. The number of amides is 1. The van der Waals surface area contributed by atoms with Crippen LogP contribution in [0.25, 0.3) is 10.6 Å². The zero-order valence-corrected chi connectivity index (χ0v) is 17.6. The van der Waals surface area contributed by atoms with Crippen LogP contribution in [0.2, 0.25) is 0 Å². The number of ether oxygens (including phenoxy) is 1. The molecule has 0 radical (unpaired) electrons. The maximum absolute atomic E-state index is 12.8. The highest BCUT2D eigenvalue weighted by Crippen LogP contribution is 2.30. The number of hydrogen-bond acceptors (Lipinski definition) is 5. The number of halogens is 2. The number of carbonyl (C=O) groups excluding carboxylic acids is 1. The van der Waals surface area contributed by atoms with E-state index in [0.717, 1.165) is 46.5 Å². The van der Waals surface area contributed by atoms with E-state index in [4.69, 9.17) is 4.74 Å².